The quantitative estimate of drug-likeness (QED) is 0.677. The van der Waals surface area contributed by atoms with Crippen molar-refractivity contribution in [3.63, 3.8) is 0 Å². The predicted octanol–water partition coefficient (Wildman–Crippen LogP) is 5.00. The van der Waals surface area contributed by atoms with Crippen LogP contribution in [-0.4, -0.2) is 4.98 Å². The lowest BCUT2D eigenvalue weighted by Gasteiger charge is -2.02. The number of hydrogen-bond acceptors (Lipinski definition) is 2. The standard InChI is InChI=1S/C10H11NO.2C2H6/c1-7(2)8-3-4-10-9(5-8)11-6-12-10;2*1-2/h3-7H,1-2H3;2*1-2H3. The smallest absolute Gasteiger partial charge is 0.181 e. The lowest BCUT2D eigenvalue weighted by molar-refractivity contribution is 0.602. The highest BCUT2D eigenvalue weighted by molar-refractivity contribution is 5.72. The van der Waals surface area contributed by atoms with Crippen LogP contribution in [0.15, 0.2) is 29.0 Å². The van der Waals surface area contributed by atoms with Gasteiger partial charge >= 0.3 is 0 Å². The van der Waals surface area contributed by atoms with Crippen LogP contribution in [0.3, 0.4) is 0 Å². The molecule has 2 rings (SSSR count). The summed E-state index contributed by atoms with van der Waals surface area (Å²) in [6.07, 6.45) is 1.48. The highest BCUT2D eigenvalue weighted by Gasteiger charge is 2.02. The number of aromatic nitrogens is 1. The zero-order valence-electron chi connectivity index (χ0n) is 11.2. The Morgan fingerprint density at radius 3 is 2.25 bits per heavy atom. The molecule has 0 unspecified atom stereocenters. The number of hydrogen-bond donors (Lipinski definition) is 0. The first-order chi connectivity index (χ1) is 7.77. The van der Waals surface area contributed by atoms with Gasteiger partial charge in [0.2, 0.25) is 0 Å². The van der Waals surface area contributed by atoms with Crippen molar-refractivity contribution < 1.29 is 4.42 Å². The van der Waals surface area contributed by atoms with Gasteiger partial charge in [0.25, 0.3) is 0 Å². The van der Waals surface area contributed by atoms with Crippen LogP contribution in [-0.2, 0) is 0 Å². The molecule has 0 N–H and O–H groups in total. The summed E-state index contributed by atoms with van der Waals surface area (Å²) >= 11 is 0. The Kier molecular flexibility index (Phi) is 7.27. The summed E-state index contributed by atoms with van der Waals surface area (Å²) < 4.78 is 5.14. The fraction of sp³-hybridized carbons (Fsp3) is 0.500. The van der Waals surface area contributed by atoms with Gasteiger partial charge in [0, 0.05) is 0 Å². The van der Waals surface area contributed by atoms with Gasteiger partial charge in [0.15, 0.2) is 12.0 Å². The van der Waals surface area contributed by atoms with E-state index in [1.807, 2.05) is 33.8 Å². The van der Waals surface area contributed by atoms with E-state index in [9.17, 15) is 0 Å². The molecule has 0 aliphatic carbocycles. The Balaban J connectivity index is 0.000000509. The maximum Gasteiger partial charge on any atom is 0.181 e. The van der Waals surface area contributed by atoms with Crippen molar-refractivity contribution >= 4 is 11.1 Å². The molecule has 16 heavy (non-hydrogen) atoms. The molecule has 1 heterocycles. The fourth-order valence-corrected chi connectivity index (χ4v) is 1.23. The molecule has 0 aliphatic rings. The Bertz CT molecular complexity index is 390. The van der Waals surface area contributed by atoms with Gasteiger partial charge in [-0.2, -0.15) is 0 Å². The van der Waals surface area contributed by atoms with Crippen LogP contribution in [0.2, 0.25) is 0 Å². The maximum atomic E-state index is 5.14. The summed E-state index contributed by atoms with van der Waals surface area (Å²) in [5, 5.41) is 0. The Morgan fingerprint density at radius 2 is 1.69 bits per heavy atom. The third-order valence-electron chi connectivity index (χ3n) is 2.02. The zero-order chi connectivity index (χ0) is 12.6. The number of benzene rings is 1. The van der Waals surface area contributed by atoms with Crippen molar-refractivity contribution in [3.05, 3.63) is 30.2 Å². The van der Waals surface area contributed by atoms with Crippen molar-refractivity contribution in [1.29, 1.82) is 0 Å². The van der Waals surface area contributed by atoms with Crippen molar-refractivity contribution in [2.24, 2.45) is 0 Å². The molecule has 0 aliphatic heterocycles. The van der Waals surface area contributed by atoms with Crippen LogP contribution in [0.5, 0.6) is 0 Å². The SMILES string of the molecule is CC.CC.CC(C)c1ccc2ocnc2c1. The molecule has 2 heteroatoms. The van der Waals surface area contributed by atoms with Gasteiger partial charge in [-0.1, -0.05) is 47.6 Å². The zero-order valence-corrected chi connectivity index (χ0v) is 11.2. The predicted molar refractivity (Wildman–Crippen MR) is 70.8 cm³/mol. The third-order valence-corrected chi connectivity index (χ3v) is 2.02. The molecule has 1 aromatic carbocycles. The largest absolute Gasteiger partial charge is 0.443 e. The van der Waals surface area contributed by atoms with Gasteiger partial charge in [-0.3, -0.25) is 0 Å². The molecule has 1 aromatic heterocycles. The van der Waals surface area contributed by atoms with E-state index in [4.69, 9.17) is 4.42 Å². The van der Waals surface area contributed by atoms with Crippen LogP contribution < -0.4 is 0 Å². The van der Waals surface area contributed by atoms with Crippen molar-refractivity contribution in [3.8, 4) is 0 Å². The topological polar surface area (TPSA) is 26.0 Å². The molecule has 2 nitrogen and oxygen atoms in total. The van der Waals surface area contributed by atoms with E-state index in [1.165, 1.54) is 12.0 Å². The van der Waals surface area contributed by atoms with Crippen molar-refractivity contribution in [2.75, 3.05) is 0 Å². The van der Waals surface area contributed by atoms with Crippen LogP contribution in [0.25, 0.3) is 11.1 Å². The molecule has 0 saturated heterocycles. The van der Waals surface area contributed by atoms with Crippen molar-refractivity contribution in [1.82, 2.24) is 4.98 Å². The summed E-state index contributed by atoms with van der Waals surface area (Å²) in [5.74, 6) is 0.547. The van der Waals surface area contributed by atoms with E-state index < -0.39 is 0 Å². The first-order valence-electron chi connectivity index (χ1n) is 6.10. The minimum absolute atomic E-state index is 0.547. The molecule has 2 aromatic rings. The average Bonchev–Trinajstić information content (AvgIpc) is 2.81. The maximum absolute atomic E-state index is 5.14. The highest BCUT2D eigenvalue weighted by atomic mass is 16.3. The monoisotopic (exact) mass is 221 g/mol. The number of rotatable bonds is 1. The summed E-state index contributed by atoms with van der Waals surface area (Å²) in [5.41, 5.74) is 3.11. The van der Waals surface area contributed by atoms with E-state index >= 15 is 0 Å². The summed E-state index contributed by atoms with van der Waals surface area (Å²) in [4.78, 5) is 4.10. The summed E-state index contributed by atoms with van der Waals surface area (Å²) in [6, 6.07) is 6.12. The van der Waals surface area contributed by atoms with Crippen LogP contribution >= 0.6 is 0 Å². The van der Waals surface area contributed by atoms with Gasteiger partial charge in [-0.05, 0) is 23.6 Å². The number of fused-ring (bicyclic) bond motifs is 1. The summed E-state index contributed by atoms with van der Waals surface area (Å²) in [6.45, 7) is 12.3. The Labute approximate surface area is 98.7 Å². The van der Waals surface area contributed by atoms with E-state index in [-0.39, 0.29) is 0 Å². The van der Waals surface area contributed by atoms with Crippen LogP contribution in [0.4, 0.5) is 0 Å². The van der Waals surface area contributed by atoms with E-state index in [2.05, 4.69) is 31.0 Å². The van der Waals surface area contributed by atoms with Crippen molar-refractivity contribution in [2.45, 2.75) is 47.5 Å². The van der Waals surface area contributed by atoms with Crippen LogP contribution in [0, 0.1) is 0 Å². The second kappa shape index (κ2) is 7.91. The van der Waals surface area contributed by atoms with Gasteiger partial charge in [-0.15, -0.1) is 0 Å². The number of oxazole rings is 1. The fourth-order valence-electron chi connectivity index (χ4n) is 1.23. The van der Waals surface area contributed by atoms with Gasteiger partial charge in [0.05, 0.1) is 0 Å². The molecule has 0 atom stereocenters. The molecular weight excluding hydrogens is 198 g/mol. The minimum atomic E-state index is 0.547. The van der Waals surface area contributed by atoms with Crippen LogP contribution in [0.1, 0.15) is 53.0 Å². The molecule has 0 radical (unpaired) electrons. The first-order valence-corrected chi connectivity index (χ1v) is 6.10. The molecule has 0 bridgehead atoms. The molecular formula is C14H23NO. The lowest BCUT2D eigenvalue weighted by Crippen LogP contribution is -1.85. The third kappa shape index (κ3) is 3.69. The highest BCUT2D eigenvalue weighted by Crippen LogP contribution is 2.19. The van der Waals surface area contributed by atoms with Gasteiger partial charge in [-0.25, -0.2) is 4.98 Å². The first kappa shape index (κ1) is 14.7. The number of nitrogens with zero attached hydrogens (tertiary/aromatic N) is 1. The molecule has 0 fully saturated rings. The molecule has 0 amide bonds. The summed E-state index contributed by atoms with van der Waals surface area (Å²) in [7, 11) is 0. The molecule has 90 valence electrons. The van der Waals surface area contributed by atoms with Gasteiger partial charge in [0.1, 0.15) is 5.52 Å². The minimum Gasteiger partial charge on any atom is -0.443 e. The Hall–Kier alpha value is -1.31. The van der Waals surface area contributed by atoms with E-state index in [1.54, 1.807) is 0 Å². The van der Waals surface area contributed by atoms with E-state index in [0.717, 1.165) is 11.1 Å². The molecule has 0 spiro atoms. The normalized spacial score (nSPS) is 9.19. The Morgan fingerprint density at radius 1 is 1.06 bits per heavy atom. The second-order valence-corrected chi connectivity index (χ2v) is 3.23. The van der Waals surface area contributed by atoms with E-state index in [0.29, 0.717) is 5.92 Å². The van der Waals surface area contributed by atoms with Gasteiger partial charge < -0.3 is 4.42 Å². The average molecular weight is 221 g/mol. The molecule has 0 saturated carbocycles. The lowest BCUT2D eigenvalue weighted by atomic mass is 10.0. The second-order valence-electron chi connectivity index (χ2n) is 3.23.